The molecule has 0 aliphatic heterocycles. The second-order valence-electron chi connectivity index (χ2n) is 4.44. The molecule has 0 aromatic rings. The molecule has 12 heavy (non-hydrogen) atoms. The third kappa shape index (κ3) is 8.10. The molecule has 1 radical (unpaired) electrons. The van der Waals surface area contributed by atoms with Gasteiger partial charge >= 0.3 is 0 Å². The Morgan fingerprint density at radius 1 is 1.00 bits per heavy atom. The van der Waals surface area contributed by atoms with Crippen LogP contribution in [0.3, 0.4) is 0 Å². The summed E-state index contributed by atoms with van der Waals surface area (Å²) in [6.45, 7) is 10.9. The second-order valence-corrected chi connectivity index (χ2v) is 4.44. The van der Waals surface area contributed by atoms with Gasteiger partial charge in [0, 0.05) is 0 Å². The first-order valence-corrected chi connectivity index (χ1v) is 5.46. The lowest BCUT2D eigenvalue weighted by Crippen LogP contribution is -1.99. The van der Waals surface area contributed by atoms with Crippen LogP contribution in [0.2, 0.25) is 0 Å². The molecule has 0 heteroatoms. The van der Waals surface area contributed by atoms with Crippen LogP contribution in [0.4, 0.5) is 0 Å². The predicted octanol–water partition coefficient (Wildman–Crippen LogP) is 4.45. The summed E-state index contributed by atoms with van der Waals surface area (Å²) in [5, 5.41) is 0. The van der Waals surface area contributed by atoms with E-state index in [1.807, 2.05) is 0 Å². The first kappa shape index (κ1) is 12.0. The average Bonchev–Trinajstić information content (AvgIpc) is 1.97. The van der Waals surface area contributed by atoms with Crippen LogP contribution in [0.1, 0.15) is 59.3 Å². The Morgan fingerprint density at radius 2 is 1.67 bits per heavy atom. The van der Waals surface area contributed by atoms with E-state index in [4.69, 9.17) is 0 Å². The van der Waals surface area contributed by atoms with Gasteiger partial charge in [-0.1, -0.05) is 59.8 Å². The van der Waals surface area contributed by atoms with Crippen LogP contribution >= 0.6 is 0 Å². The number of hydrogen-bond donors (Lipinski definition) is 0. The summed E-state index contributed by atoms with van der Waals surface area (Å²) < 4.78 is 0. The fourth-order valence-corrected chi connectivity index (χ4v) is 1.77. The van der Waals surface area contributed by atoms with E-state index in [-0.39, 0.29) is 0 Å². The Labute approximate surface area is 78.8 Å². The van der Waals surface area contributed by atoms with Crippen molar-refractivity contribution in [3.8, 4) is 0 Å². The number of rotatable bonds is 7. The molecule has 0 spiro atoms. The lowest BCUT2D eigenvalue weighted by Gasteiger charge is -2.13. The standard InChI is InChI=1S/C12H25/c1-5-6-7-8-9-12(4)10-11(2)3/h11-12H,1,5-10H2,2-4H3. The highest BCUT2D eigenvalue weighted by atomic mass is 14.1. The molecule has 0 saturated carbocycles. The zero-order valence-electron chi connectivity index (χ0n) is 9.10. The van der Waals surface area contributed by atoms with Crippen LogP contribution in [0.25, 0.3) is 0 Å². The molecule has 0 aliphatic rings. The average molecular weight is 169 g/mol. The number of hydrogen-bond acceptors (Lipinski definition) is 0. The molecule has 0 aliphatic carbocycles. The normalized spacial score (nSPS) is 13.8. The zero-order valence-corrected chi connectivity index (χ0v) is 9.10. The molecule has 0 heterocycles. The molecule has 0 saturated heterocycles. The van der Waals surface area contributed by atoms with Gasteiger partial charge in [-0.05, 0) is 18.3 Å². The van der Waals surface area contributed by atoms with Gasteiger partial charge in [-0.2, -0.15) is 0 Å². The van der Waals surface area contributed by atoms with Crippen molar-refractivity contribution in [1.29, 1.82) is 0 Å². The molecule has 0 bridgehead atoms. The van der Waals surface area contributed by atoms with Gasteiger partial charge in [0.05, 0.1) is 0 Å². The van der Waals surface area contributed by atoms with Gasteiger partial charge in [0.25, 0.3) is 0 Å². The summed E-state index contributed by atoms with van der Waals surface area (Å²) in [6.07, 6.45) is 8.02. The SMILES string of the molecule is [CH2]CCCCCC(C)CC(C)C. The molecule has 0 nitrogen and oxygen atoms in total. The van der Waals surface area contributed by atoms with Crippen LogP contribution < -0.4 is 0 Å². The van der Waals surface area contributed by atoms with Crippen LogP contribution in [-0.4, -0.2) is 0 Å². The summed E-state index contributed by atoms with van der Waals surface area (Å²) in [6, 6.07) is 0. The van der Waals surface area contributed by atoms with Crippen molar-refractivity contribution in [2.45, 2.75) is 59.3 Å². The van der Waals surface area contributed by atoms with Crippen LogP contribution in [0, 0.1) is 18.8 Å². The monoisotopic (exact) mass is 169 g/mol. The minimum Gasteiger partial charge on any atom is -0.0628 e. The Hall–Kier alpha value is 0. The van der Waals surface area contributed by atoms with E-state index in [2.05, 4.69) is 27.7 Å². The molecule has 1 unspecified atom stereocenters. The third-order valence-electron chi connectivity index (χ3n) is 2.32. The molecule has 0 fully saturated rings. The fraction of sp³-hybridized carbons (Fsp3) is 0.917. The molecule has 1 atom stereocenters. The Bertz CT molecular complexity index is 84.0. The molecular formula is C12H25. The van der Waals surface area contributed by atoms with E-state index in [1.54, 1.807) is 0 Å². The molecule has 0 N–H and O–H groups in total. The van der Waals surface area contributed by atoms with Crippen molar-refractivity contribution in [3.05, 3.63) is 6.92 Å². The van der Waals surface area contributed by atoms with Crippen molar-refractivity contribution < 1.29 is 0 Å². The van der Waals surface area contributed by atoms with Gasteiger partial charge < -0.3 is 0 Å². The van der Waals surface area contributed by atoms with Gasteiger partial charge in [0.2, 0.25) is 0 Å². The van der Waals surface area contributed by atoms with Crippen molar-refractivity contribution in [3.63, 3.8) is 0 Å². The van der Waals surface area contributed by atoms with E-state index in [0.717, 1.165) is 18.3 Å². The Morgan fingerprint density at radius 3 is 2.17 bits per heavy atom. The lowest BCUT2D eigenvalue weighted by atomic mass is 9.94. The van der Waals surface area contributed by atoms with E-state index in [9.17, 15) is 0 Å². The molecule has 73 valence electrons. The maximum Gasteiger partial charge on any atom is -0.0440 e. The van der Waals surface area contributed by atoms with Crippen molar-refractivity contribution in [1.82, 2.24) is 0 Å². The minimum atomic E-state index is 0.868. The first-order valence-electron chi connectivity index (χ1n) is 5.46. The fourth-order valence-electron chi connectivity index (χ4n) is 1.77. The third-order valence-corrected chi connectivity index (χ3v) is 2.32. The maximum absolute atomic E-state index is 3.85. The summed E-state index contributed by atoms with van der Waals surface area (Å²) in [7, 11) is 0. The second kappa shape index (κ2) is 7.64. The summed E-state index contributed by atoms with van der Waals surface area (Å²) in [5.74, 6) is 1.79. The van der Waals surface area contributed by atoms with Crippen molar-refractivity contribution in [2.75, 3.05) is 0 Å². The van der Waals surface area contributed by atoms with E-state index >= 15 is 0 Å². The van der Waals surface area contributed by atoms with E-state index in [1.165, 1.54) is 32.1 Å². The molecule has 0 rings (SSSR count). The van der Waals surface area contributed by atoms with Crippen LogP contribution in [0.5, 0.6) is 0 Å². The van der Waals surface area contributed by atoms with Crippen LogP contribution in [-0.2, 0) is 0 Å². The van der Waals surface area contributed by atoms with Gasteiger partial charge in [0.1, 0.15) is 0 Å². The summed E-state index contributed by atoms with van der Waals surface area (Å²) in [4.78, 5) is 0. The number of unbranched alkanes of at least 4 members (excludes halogenated alkanes) is 3. The molecule has 0 amide bonds. The Balaban J connectivity index is 3.14. The molecular weight excluding hydrogens is 144 g/mol. The van der Waals surface area contributed by atoms with Gasteiger partial charge in [-0.15, -0.1) is 0 Å². The van der Waals surface area contributed by atoms with Gasteiger partial charge in [-0.25, -0.2) is 0 Å². The molecule has 0 aromatic carbocycles. The van der Waals surface area contributed by atoms with Gasteiger partial charge in [-0.3, -0.25) is 0 Å². The summed E-state index contributed by atoms with van der Waals surface area (Å²) >= 11 is 0. The quantitative estimate of drug-likeness (QED) is 0.494. The van der Waals surface area contributed by atoms with Gasteiger partial charge in [0.15, 0.2) is 0 Å². The predicted molar refractivity (Wildman–Crippen MR) is 57.1 cm³/mol. The van der Waals surface area contributed by atoms with E-state index in [0.29, 0.717) is 0 Å². The smallest absolute Gasteiger partial charge is 0.0440 e. The Kier molecular flexibility index (Phi) is 7.64. The minimum absolute atomic E-state index is 0.868. The van der Waals surface area contributed by atoms with Crippen LogP contribution in [0.15, 0.2) is 0 Å². The highest BCUT2D eigenvalue weighted by Crippen LogP contribution is 2.17. The topological polar surface area (TPSA) is 0 Å². The lowest BCUT2D eigenvalue weighted by molar-refractivity contribution is 0.399. The van der Waals surface area contributed by atoms with E-state index < -0.39 is 0 Å². The highest BCUT2D eigenvalue weighted by Gasteiger charge is 2.03. The largest absolute Gasteiger partial charge is 0.0628 e. The maximum atomic E-state index is 3.85. The zero-order chi connectivity index (χ0) is 9.40. The first-order chi connectivity index (χ1) is 5.66. The summed E-state index contributed by atoms with van der Waals surface area (Å²) in [5.41, 5.74) is 0. The highest BCUT2D eigenvalue weighted by molar-refractivity contribution is 4.56. The van der Waals surface area contributed by atoms with Crippen molar-refractivity contribution >= 4 is 0 Å². The molecule has 0 aromatic heterocycles. The van der Waals surface area contributed by atoms with Crippen molar-refractivity contribution in [2.24, 2.45) is 11.8 Å².